The van der Waals surface area contributed by atoms with Gasteiger partial charge in [0.05, 0.1) is 0 Å². The zero-order valence-electron chi connectivity index (χ0n) is 16.1. The number of hydrogen-bond acceptors (Lipinski definition) is 3. The average Bonchev–Trinajstić information content (AvgIpc) is 2.95. The molecule has 0 aliphatic heterocycles. The lowest BCUT2D eigenvalue weighted by Crippen LogP contribution is -2.45. The zero-order valence-corrected chi connectivity index (χ0v) is 16.1. The van der Waals surface area contributed by atoms with Crippen LogP contribution in [0.3, 0.4) is 0 Å². The summed E-state index contributed by atoms with van der Waals surface area (Å²) in [6, 6.07) is 0. The summed E-state index contributed by atoms with van der Waals surface area (Å²) < 4.78 is 5.28. The first-order valence-electron chi connectivity index (χ1n) is 9.12. The minimum atomic E-state index is -0.230. The minimum Gasteiger partial charge on any atom is -0.385 e. The summed E-state index contributed by atoms with van der Waals surface area (Å²) in [5.74, 6) is 0.653. The third-order valence-corrected chi connectivity index (χ3v) is 4.37. The molecule has 0 bridgehead atoms. The molecule has 0 aromatic carbocycles. The van der Waals surface area contributed by atoms with Gasteiger partial charge in [-0.25, -0.2) is 4.99 Å². The maximum atomic E-state index is 11.9. The summed E-state index contributed by atoms with van der Waals surface area (Å²) in [5.41, 5.74) is 0.0618. The van der Waals surface area contributed by atoms with Crippen LogP contribution in [0.5, 0.6) is 0 Å². The van der Waals surface area contributed by atoms with E-state index in [1.54, 1.807) is 7.11 Å². The molecule has 1 rings (SSSR count). The van der Waals surface area contributed by atoms with Gasteiger partial charge in [-0.05, 0) is 52.4 Å². The maximum absolute atomic E-state index is 11.9. The first kappa shape index (κ1) is 20.7. The molecule has 0 spiro atoms. The number of carbonyl (C=O) groups excluding carboxylic acids is 1. The normalized spacial score (nSPS) is 17.6. The number of hydrogen-bond donors (Lipinski definition) is 3. The Morgan fingerprint density at radius 2 is 1.88 bits per heavy atom. The Morgan fingerprint density at radius 1 is 1.21 bits per heavy atom. The van der Waals surface area contributed by atoms with Crippen molar-refractivity contribution in [3.05, 3.63) is 0 Å². The largest absolute Gasteiger partial charge is 0.385 e. The highest BCUT2D eigenvalue weighted by molar-refractivity contribution is 5.85. The quantitative estimate of drug-likeness (QED) is 0.467. The summed E-state index contributed by atoms with van der Waals surface area (Å²) in [6.07, 6.45) is 6.10. The second kappa shape index (κ2) is 9.87. The second-order valence-corrected chi connectivity index (χ2v) is 7.80. The van der Waals surface area contributed by atoms with Crippen LogP contribution in [0.25, 0.3) is 0 Å². The molecule has 1 aliphatic rings. The van der Waals surface area contributed by atoms with E-state index in [-0.39, 0.29) is 18.0 Å². The predicted molar refractivity (Wildman–Crippen MR) is 99.3 cm³/mol. The molecule has 140 valence electrons. The molecule has 1 saturated carbocycles. The Balaban J connectivity index is 2.57. The third-order valence-electron chi connectivity index (χ3n) is 4.37. The summed E-state index contributed by atoms with van der Waals surface area (Å²) in [6.45, 7) is 10.5. The lowest BCUT2D eigenvalue weighted by atomic mass is 9.83. The molecule has 1 amide bonds. The summed E-state index contributed by atoms with van der Waals surface area (Å²) in [7, 11) is 1.76. The summed E-state index contributed by atoms with van der Waals surface area (Å²) in [5, 5.41) is 9.59. The van der Waals surface area contributed by atoms with Crippen molar-refractivity contribution >= 4 is 11.9 Å². The number of nitrogens with zero attached hydrogens (tertiary/aromatic N) is 1. The van der Waals surface area contributed by atoms with Crippen molar-refractivity contribution in [2.75, 3.05) is 33.4 Å². The highest BCUT2D eigenvalue weighted by Crippen LogP contribution is 2.40. The Kier molecular flexibility index (Phi) is 8.53. The van der Waals surface area contributed by atoms with E-state index in [2.05, 4.69) is 20.9 Å². The summed E-state index contributed by atoms with van der Waals surface area (Å²) >= 11 is 0. The van der Waals surface area contributed by atoms with Crippen LogP contribution >= 0.6 is 0 Å². The van der Waals surface area contributed by atoms with Gasteiger partial charge in [-0.3, -0.25) is 4.79 Å². The predicted octanol–water partition coefficient (Wildman–Crippen LogP) is 2.05. The van der Waals surface area contributed by atoms with Gasteiger partial charge in [0.2, 0.25) is 5.91 Å². The number of carbonyl (C=O) groups is 1. The molecule has 6 heteroatoms. The highest BCUT2D eigenvalue weighted by Gasteiger charge is 2.33. The molecular formula is C18H36N4O2. The van der Waals surface area contributed by atoms with Gasteiger partial charge in [0.1, 0.15) is 6.54 Å². The van der Waals surface area contributed by atoms with Gasteiger partial charge in [-0.15, -0.1) is 0 Å². The van der Waals surface area contributed by atoms with Crippen LogP contribution in [0.15, 0.2) is 4.99 Å². The van der Waals surface area contributed by atoms with Crippen molar-refractivity contribution in [2.24, 2.45) is 10.4 Å². The number of guanidine groups is 1. The van der Waals surface area contributed by atoms with E-state index in [1.807, 2.05) is 27.7 Å². The fraction of sp³-hybridized carbons (Fsp3) is 0.889. The standard InChI is InChI=1S/C18H36N4O2/c1-6-19-16(20-13-15(23)22-17(2,3)4)21-14-18(11-12-24-5)9-7-8-10-18/h6-14H2,1-5H3,(H,22,23)(H2,19,20,21). The lowest BCUT2D eigenvalue weighted by molar-refractivity contribution is -0.121. The van der Waals surface area contributed by atoms with Crippen molar-refractivity contribution in [3.8, 4) is 0 Å². The average molecular weight is 341 g/mol. The molecule has 0 atom stereocenters. The lowest BCUT2D eigenvalue weighted by Gasteiger charge is -2.30. The van der Waals surface area contributed by atoms with E-state index in [1.165, 1.54) is 25.7 Å². The smallest absolute Gasteiger partial charge is 0.242 e. The molecular weight excluding hydrogens is 304 g/mol. The number of amides is 1. The molecule has 1 aliphatic carbocycles. The molecule has 0 aromatic rings. The Bertz CT molecular complexity index is 410. The van der Waals surface area contributed by atoms with Gasteiger partial charge in [-0.2, -0.15) is 0 Å². The van der Waals surface area contributed by atoms with Crippen molar-refractivity contribution < 1.29 is 9.53 Å². The van der Waals surface area contributed by atoms with Gasteiger partial charge in [-0.1, -0.05) is 12.8 Å². The van der Waals surface area contributed by atoms with Crippen LogP contribution in [-0.4, -0.2) is 50.8 Å². The molecule has 0 unspecified atom stereocenters. The van der Waals surface area contributed by atoms with Crippen LogP contribution in [0.4, 0.5) is 0 Å². The monoisotopic (exact) mass is 340 g/mol. The van der Waals surface area contributed by atoms with Crippen molar-refractivity contribution in [3.63, 3.8) is 0 Å². The molecule has 0 saturated heterocycles. The van der Waals surface area contributed by atoms with Crippen molar-refractivity contribution in [1.82, 2.24) is 16.0 Å². The Morgan fingerprint density at radius 3 is 2.42 bits per heavy atom. The number of ether oxygens (including phenoxy) is 1. The molecule has 6 nitrogen and oxygen atoms in total. The number of rotatable bonds is 8. The van der Waals surface area contributed by atoms with Crippen LogP contribution in [0.1, 0.15) is 59.8 Å². The van der Waals surface area contributed by atoms with E-state index in [9.17, 15) is 4.79 Å². The van der Waals surface area contributed by atoms with E-state index in [0.717, 1.165) is 26.1 Å². The second-order valence-electron chi connectivity index (χ2n) is 7.80. The topological polar surface area (TPSA) is 74.8 Å². The zero-order chi connectivity index (χ0) is 18.1. The van der Waals surface area contributed by atoms with E-state index in [4.69, 9.17) is 4.74 Å². The maximum Gasteiger partial charge on any atom is 0.242 e. The molecule has 3 N–H and O–H groups in total. The van der Waals surface area contributed by atoms with Crippen molar-refractivity contribution in [2.45, 2.75) is 65.3 Å². The van der Waals surface area contributed by atoms with Gasteiger partial charge < -0.3 is 20.7 Å². The minimum absolute atomic E-state index is 0.0605. The SMILES string of the molecule is CCNC(=NCC(=O)NC(C)(C)C)NCC1(CCOC)CCCC1. The molecule has 1 fully saturated rings. The fourth-order valence-electron chi connectivity index (χ4n) is 3.18. The number of aliphatic imine (C=N–C) groups is 1. The summed E-state index contributed by atoms with van der Waals surface area (Å²) in [4.78, 5) is 16.4. The van der Waals surface area contributed by atoms with E-state index < -0.39 is 0 Å². The van der Waals surface area contributed by atoms with Gasteiger partial charge in [0, 0.05) is 32.3 Å². The van der Waals surface area contributed by atoms with Crippen LogP contribution < -0.4 is 16.0 Å². The van der Waals surface area contributed by atoms with E-state index in [0.29, 0.717) is 11.4 Å². The van der Waals surface area contributed by atoms with Gasteiger partial charge in [0.25, 0.3) is 0 Å². The van der Waals surface area contributed by atoms with Gasteiger partial charge >= 0.3 is 0 Å². The fourth-order valence-corrected chi connectivity index (χ4v) is 3.18. The molecule has 0 radical (unpaired) electrons. The number of nitrogens with one attached hydrogen (secondary N) is 3. The Hall–Kier alpha value is -1.30. The van der Waals surface area contributed by atoms with Gasteiger partial charge in [0.15, 0.2) is 5.96 Å². The first-order valence-corrected chi connectivity index (χ1v) is 9.12. The molecule has 0 heterocycles. The number of methoxy groups -OCH3 is 1. The first-order chi connectivity index (χ1) is 11.3. The highest BCUT2D eigenvalue weighted by atomic mass is 16.5. The van der Waals surface area contributed by atoms with Crippen LogP contribution in [0.2, 0.25) is 0 Å². The Labute approximate surface area is 147 Å². The van der Waals surface area contributed by atoms with E-state index >= 15 is 0 Å². The third kappa shape index (κ3) is 7.99. The molecule has 0 aromatic heterocycles. The van der Waals surface area contributed by atoms with Crippen LogP contribution in [0, 0.1) is 5.41 Å². The molecule has 24 heavy (non-hydrogen) atoms. The van der Waals surface area contributed by atoms with Crippen molar-refractivity contribution in [1.29, 1.82) is 0 Å². The van der Waals surface area contributed by atoms with Crippen LogP contribution in [-0.2, 0) is 9.53 Å².